The molecule has 0 saturated heterocycles. The molecule has 1 aromatic heterocycles. The van der Waals surface area contributed by atoms with Gasteiger partial charge >= 0.3 is 0 Å². The van der Waals surface area contributed by atoms with Crippen LogP contribution in [0.4, 0.5) is 0 Å². The lowest BCUT2D eigenvalue weighted by Gasteiger charge is -2.18. The number of halogens is 2. The minimum Gasteiger partial charge on any atom is -0.506 e. The van der Waals surface area contributed by atoms with E-state index in [2.05, 4.69) is 67.0 Å². The second kappa shape index (κ2) is 7.33. The van der Waals surface area contributed by atoms with Gasteiger partial charge in [-0.05, 0) is 63.9 Å². The molecular formula is C20H17Br2N3O3. The minimum atomic E-state index is -0.228. The molecule has 0 spiro atoms. The highest BCUT2D eigenvalue weighted by Crippen LogP contribution is 2.42. The average Bonchev–Trinajstić information content (AvgIpc) is 2.99. The maximum absolute atomic E-state index is 9.83. The third-order valence-corrected chi connectivity index (χ3v) is 5.54. The number of phenolic OH excluding ortho intramolecular Hbond substituents is 1. The molecule has 2 heterocycles. The predicted octanol–water partition coefficient (Wildman–Crippen LogP) is 5.06. The van der Waals surface area contributed by atoms with Crippen molar-refractivity contribution in [3.63, 3.8) is 0 Å². The Bertz CT molecular complexity index is 1020. The van der Waals surface area contributed by atoms with E-state index < -0.39 is 0 Å². The maximum Gasteiger partial charge on any atom is 0.188 e. The summed E-state index contributed by atoms with van der Waals surface area (Å²) >= 11 is 6.62. The molecule has 0 fully saturated rings. The zero-order chi connectivity index (χ0) is 19.9. The van der Waals surface area contributed by atoms with Crippen molar-refractivity contribution in [3.8, 4) is 28.5 Å². The van der Waals surface area contributed by atoms with E-state index >= 15 is 0 Å². The Balaban J connectivity index is 1.49. The Morgan fingerprint density at radius 3 is 2.61 bits per heavy atom. The minimum absolute atomic E-state index is 0.135. The molecule has 1 N–H and O–H groups in total. The van der Waals surface area contributed by atoms with E-state index in [0.717, 1.165) is 23.3 Å². The number of fused-ring (bicyclic) bond motifs is 1. The molecule has 6 nitrogen and oxygen atoms in total. The van der Waals surface area contributed by atoms with Crippen molar-refractivity contribution in [1.82, 2.24) is 15.2 Å². The second-order valence-corrected chi connectivity index (χ2v) is 8.83. The first kappa shape index (κ1) is 19.1. The van der Waals surface area contributed by atoms with Gasteiger partial charge in [-0.15, -0.1) is 10.2 Å². The quantitative estimate of drug-likeness (QED) is 0.532. The molecular weight excluding hydrogens is 490 g/mol. The van der Waals surface area contributed by atoms with Gasteiger partial charge in [-0.25, -0.2) is 4.98 Å². The molecule has 28 heavy (non-hydrogen) atoms. The van der Waals surface area contributed by atoms with Crippen LogP contribution < -0.4 is 9.47 Å². The van der Waals surface area contributed by atoms with Crippen molar-refractivity contribution in [3.05, 3.63) is 56.9 Å². The molecule has 0 aliphatic carbocycles. The number of para-hydroxylation sites is 1. The van der Waals surface area contributed by atoms with Gasteiger partial charge in [-0.1, -0.05) is 12.1 Å². The number of nitrogens with zero attached hydrogens (tertiary/aromatic N) is 3. The lowest BCUT2D eigenvalue weighted by atomic mass is 10.0. The van der Waals surface area contributed by atoms with E-state index in [1.54, 1.807) is 18.3 Å². The zero-order valence-electron chi connectivity index (χ0n) is 15.2. The van der Waals surface area contributed by atoms with Crippen LogP contribution in [0.5, 0.6) is 17.2 Å². The van der Waals surface area contributed by atoms with E-state index in [1.807, 2.05) is 12.1 Å². The number of aromatic hydroxyl groups is 1. The van der Waals surface area contributed by atoms with E-state index in [4.69, 9.17) is 9.47 Å². The first-order valence-corrected chi connectivity index (χ1v) is 10.2. The van der Waals surface area contributed by atoms with Crippen LogP contribution in [0.15, 0.2) is 45.5 Å². The summed E-state index contributed by atoms with van der Waals surface area (Å²) in [4.78, 5) is 4.34. The first-order chi connectivity index (χ1) is 13.3. The molecule has 0 unspecified atom stereocenters. The molecule has 144 valence electrons. The van der Waals surface area contributed by atoms with Gasteiger partial charge in [0.2, 0.25) is 0 Å². The number of rotatable bonds is 4. The van der Waals surface area contributed by atoms with E-state index in [0.29, 0.717) is 26.2 Å². The molecule has 0 amide bonds. The van der Waals surface area contributed by atoms with Crippen LogP contribution in [-0.2, 0) is 13.0 Å². The van der Waals surface area contributed by atoms with Crippen molar-refractivity contribution in [2.24, 2.45) is 0 Å². The molecule has 0 atom stereocenters. The molecule has 2 aromatic carbocycles. The molecule has 0 radical (unpaired) electrons. The van der Waals surface area contributed by atoms with Crippen LogP contribution in [0.25, 0.3) is 11.3 Å². The van der Waals surface area contributed by atoms with E-state index in [1.165, 1.54) is 0 Å². The largest absolute Gasteiger partial charge is 0.506 e. The monoisotopic (exact) mass is 505 g/mol. The summed E-state index contributed by atoms with van der Waals surface area (Å²) in [5.41, 5.74) is 2.28. The lowest BCUT2D eigenvalue weighted by molar-refractivity contribution is 0.131. The number of hydrogen-bond donors (Lipinski definition) is 1. The predicted molar refractivity (Wildman–Crippen MR) is 112 cm³/mol. The highest BCUT2D eigenvalue weighted by Gasteiger charge is 2.32. The Hall–Kier alpha value is -2.19. The Morgan fingerprint density at radius 2 is 1.93 bits per heavy atom. The summed E-state index contributed by atoms with van der Waals surface area (Å²) in [6.45, 7) is 4.31. The fourth-order valence-corrected chi connectivity index (χ4v) is 4.24. The third kappa shape index (κ3) is 3.84. The summed E-state index contributed by atoms with van der Waals surface area (Å²) in [5, 5.41) is 18.2. The Labute approximate surface area is 179 Å². The van der Waals surface area contributed by atoms with Gasteiger partial charge in [0.25, 0.3) is 0 Å². The van der Waals surface area contributed by atoms with Gasteiger partial charge < -0.3 is 14.6 Å². The topological polar surface area (TPSA) is 77.4 Å². The zero-order valence-corrected chi connectivity index (χ0v) is 18.4. The highest BCUT2D eigenvalue weighted by molar-refractivity contribution is 9.11. The summed E-state index contributed by atoms with van der Waals surface area (Å²) in [6.07, 6.45) is 2.48. The van der Waals surface area contributed by atoms with Gasteiger partial charge in [0, 0.05) is 17.5 Å². The average molecular weight is 507 g/mol. The van der Waals surface area contributed by atoms with Gasteiger partial charge in [0.05, 0.1) is 15.1 Å². The van der Waals surface area contributed by atoms with Crippen LogP contribution in [0.3, 0.4) is 0 Å². The molecule has 3 aromatic rings. The van der Waals surface area contributed by atoms with Crippen LogP contribution in [-0.4, -0.2) is 25.9 Å². The molecule has 4 rings (SSSR count). The van der Waals surface area contributed by atoms with Crippen LogP contribution in [0.1, 0.15) is 25.2 Å². The maximum atomic E-state index is 9.83. The van der Waals surface area contributed by atoms with E-state index in [-0.39, 0.29) is 18.0 Å². The molecule has 1 aliphatic rings. The Morgan fingerprint density at radius 1 is 1.18 bits per heavy atom. The van der Waals surface area contributed by atoms with Crippen LogP contribution >= 0.6 is 31.9 Å². The number of aromatic nitrogens is 3. The van der Waals surface area contributed by atoms with Gasteiger partial charge in [0.15, 0.2) is 17.3 Å². The fraction of sp³-hybridized carbons (Fsp3) is 0.250. The third-order valence-electron chi connectivity index (χ3n) is 4.33. The van der Waals surface area contributed by atoms with Crippen LogP contribution in [0, 0.1) is 0 Å². The molecule has 0 saturated carbocycles. The molecule has 8 heteroatoms. The lowest BCUT2D eigenvalue weighted by Crippen LogP contribution is -2.24. The van der Waals surface area contributed by atoms with Gasteiger partial charge in [0.1, 0.15) is 23.7 Å². The van der Waals surface area contributed by atoms with Crippen molar-refractivity contribution in [2.45, 2.75) is 32.5 Å². The van der Waals surface area contributed by atoms with Crippen molar-refractivity contribution < 1.29 is 14.6 Å². The summed E-state index contributed by atoms with van der Waals surface area (Å²) in [7, 11) is 0. The second-order valence-electron chi connectivity index (χ2n) is 7.12. The number of ether oxygens (including phenoxy) is 2. The summed E-state index contributed by atoms with van der Waals surface area (Å²) in [5.74, 6) is 2.07. The fourth-order valence-electron chi connectivity index (χ4n) is 3.05. The first-order valence-electron chi connectivity index (χ1n) is 8.63. The van der Waals surface area contributed by atoms with Gasteiger partial charge in [-0.2, -0.15) is 0 Å². The smallest absolute Gasteiger partial charge is 0.188 e. The van der Waals surface area contributed by atoms with Crippen molar-refractivity contribution in [1.29, 1.82) is 0 Å². The highest BCUT2D eigenvalue weighted by atomic mass is 79.9. The normalized spacial score (nSPS) is 14.4. The van der Waals surface area contributed by atoms with Gasteiger partial charge in [-0.3, -0.25) is 0 Å². The standard InChI is InChI=1S/C20H17Br2N3O3/c1-20(2)8-11-4-3-5-16(19(11)28-20)27-10-17-23-9-15(24-25-17)12-6-13(21)18(26)14(22)7-12/h3-7,9,26H,8,10H2,1-2H3. The number of phenols is 1. The molecule has 0 bridgehead atoms. The Kier molecular flexibility index (Phi) is 5.01. The van der Waals surface area contributed by atoms with Crippen molar-refractivity contribution >= 4 is 31.9 Å². The number of benzene rings is 2. The summed E-state index contributed by atoms with van der Waals surface area (Å²) < 4.78 is 13.0. The SMILES string of the molecule is CC1(C)Cc2cccc(OCc3ncc(-c4cc(Br)c(O)c(Br)c4)nn3)c2O1. The van der Waals surface area contributed by atoms with Crippen LogP contribution in [0.2, 0.25) is 0 Å². The van der Waals surface area contributed by atoms with Crippen molar-refractivity contribution in [2.75, 3.05) is 0 Å². The molecule has 1 aliphatic heterocycles. The van der Waals surface area contributed by atoms with E-state index in [9.17, 15) is 5.11 Å². The summed E-state index contributed by atoms with van der Waals surface area (Å²) in [6, 6.07) is 9.41. The number of hydrogen-bond acceptors (Lipinski definition) is 6.